The van der Waals surface area contributed by atoms with E-state index in [1.807, 2.05) is 32.0 Å². The summed E-state index contributed by atoms with van der Waals surface area (Å²) in [4.78, 5) is 25.3. The minimum absolute atomic E-state index is 0.0383. The summed E-state index contributed by atoms with van der Waals surface area (Å²) < 4.78 is 0. The molecule has 0 bridgehead atoms. The van der Waals surface area contributed by atoms with Crippen LogP contribution in [0.25, 0.3) is 0 Å². The SMILES string of the molecule is Cc1ccc(C(=O)N2CCCCC2CC(=O)O)cc1C. The maximum atomic E-state index is 12.6. The van der Waals surface area contributed by atoms with E-state index in [1.165, 1.54) is 0 Å². The van der Waals surface area contributed by atoms with E-state index in [4.69, 9.17) is 5.11 Å². The van der Waals surface area contributed by atoms with Crippen molar-refractivity contribution in [2.75, 3.05) is 6.54 Å². The van der Waals surface area contributed by atoms with Gasteiger partial charge in [0, 0.05) is 18.2 Å². The number of amides is 1. The van der Waals surface area contributed by atoms with Gasteiger partial charge in [0.05, 0.1) is 6.42 Å². The van der Waals surface area contributed by atoms with Crippen LogP contribution < -0.4 is 0 Å². The van der Waals surface area contributed by atoms with Crippen molar-refractivity contribution in [2.45, 2.75) is 45.6 Å². The summed E-state index contributed by atoms with van der Waals surface area (Å²) in [6.07, 6.45) is 2.76. The molecule has 1 fully saturated rings. The lowest BCUT2D eigenvalue weighted by Crippen LogP contribution is -2.44. The molecule has 2 rings (SSSR count). The van der Waals surface area contributed by atoms with Gasteiger partial charge in [-0.25, -0.2) is 0 Å². The number of hydrogen-bond donors (Lipinski definition) is 1. The van der Waals surface area contributed by atoms with Crippen LogP contribution >= 0.6 is 0 Å². The third kappa shape index (κ3) is 3.18. The molecule has 1 aromatic rings. The average Bonchev–Trinajstić information content (AvgIpc) is 2.41. The lowest BCUT2D eigenvalue weighted by Gasteiger charge is -2.35. The van der Waals surface area contributed by atoms with Crippen molar-refractivity contribution in [2.24, 2.45) is 0 Å². The van der Waals surface area contributed by atoms with Gasteiger partial charge in [0.25, 0.3) is 5.91 Å². The zero-order chi connectivity index (χ0) is 14.7. The normalized spacial score (nSPS) is 18.9. The van der Waals surface area contributed by atoms with E-state index in [1.54, 1.807) is 4.90 Å². The minimum atomic E-state index is -0.838. The quantitative estimate of drug-likeness (QED) is 0.922. The van der Waals surface area contributed by atoms with E-state index in [0.29, 0.717) is 12.1 Å². The molecule has 1 aliphatic rings. The summed E-state index contributed by atoms with van der Waals surface area (Å²) in [5, 5.41) is 8.98. The molecule has 1 amide bonds. The van der Waals surface area contributed by atoms with Crippen LogP contribution in [0.5, 0.6) is 0 Å². The van der Waals surface area contributed by atoms with Gasteiger partial charge in [0.2, 0.25) is 0 Å². The molecule has 20 heavy (non-hydrogen) atoms. The molecular weight excluding hydrogens is 254 g/mol. The van der Waals surface area contributed by atoms with Crippen LogP contribution in [0.3, 0.4) is 0 Å². The van der Waals surface area contributed by atoms with Gasteiger partial charge in [-0.05, 0) is 56.4 Å². The van der Waals surface area contributed by atoms with Crippen LogP contribution in [0.1, 0.15) is 47.2 Å². The highest BCUT2D eigenvalue weighted by Gasteiger charge is 2.29. The lowest BCUT2D eigenvalue weighted by atomic mass is 9.97. The first-order valence-electron chi connectivity index (χ1n) is 7.09. The molecular formula is C16H21NO3. The predicted molar refractivity (Wildman–Crippen MR) is 76.8 cm³/mol. The summed E-state index contributed by atoms with van der Waals surface area (Å²) in [6, 6.07) is 5.50. The second-order valence-corrected chi connectivity index (χ2v) is 5.55. The molecule has 4 heteroatoms. The number of carboxylic acid groups (broad SMARTS) is 1. The van der Waals surface area contributed by atoms with Crippen molar-refractivity contribution in [3.8, 4) is 0 Å². The van der Waals surface area contributed by atoms with Gasteiger partial charge in [0.1, 0.15) is 0 Å². The molecule has 1 aliphatic heterocycles. The predicted octanol–water partition coefficient (Wildman–Crippen LogP) is 2.77. The third-order valence-electron chi connectivity index (χ3n) is 4.05. The van der Waals surface area contributed by atoms with Gasteiger partial charge in [0.15, 0.2) is 0 Å². The minimum Gasteiger partial charge on any atom is -0.481 e. The maximum Gasteiger partial charge on any atom is 0.305 e. The topological polar surface area (TPSA) is 57.6 Å². The Bertz CT molecular complexity index is 524. The fourth-order valence-electron chi connectivity index (χ4n) is 2.72. The number of aliphatic carboxylic acids is 1. The fraction of sp³-hybridized carbons (Fsp3) is 0.500. The molecule has 1 saturated heterocycles. The molecule has 1 heterocycles. The van der Waals surface area contributed by atoms with E-state index in [-0.39, 0.29) is 18.4 Å². The first kappa shape index (κ1) is 14.6. The Hall–Kier alpha value is -1.84. The van der Waals surface area contributed by atoms with E-state index in [9.17, 15) is 9.59 Å². The summed E-state index contributed by atoms with van der Waals surface area (Å²) in [5.41, 5.74) is 2.90. The van der Waals surface area contributed by atoms with E-state index in [0.717, 1.165) is 30.4 Å². The monoisotopic (exact) mass is 275 g/mol. The Morgan fingerprint density at radius 1 is 1.25 bits per heavy atom. The zero-order valence-corrected chi connectivity index (χ0v) is 12.1. The van der Waals surface area contributed by atoms with Crippen LogP contribution in [0.15, 0.2) is 18.2 Å². The average molecular weight is 275 g/mol. The molecule has 0 aromatic heterocycles. The summed E-state index contributed by atoms with van der Waals surface area (Å²) >= 11 is 0. The molecule has 1 N–H and O–H groups in total. The second-order valence-electron chi connectivity index (χ2n) is 5.55. The number of carbonyl (C=O) groups is 2. The smallest absolute Gasteiger partial charge is 0.305 e. The van der Waals surface area contributed by atoms with Crippen molar-refractivity contribution < 1.29 is 14.7 Å². The number of nitrogens with zero attached hydrogens (tertiary/aromatic N) is 1. The van der Waals surface area contributed by atoms with Crippen LogP contribution in [-0.2, 0) is 4.79 Å². The molecule has 0 radical (unpaired) electrons. The summed E-state index contributed by atoms with van der Waals surface area (Å²) in [6.45, 7) is 4.65. The lowest BCUT2D eigenvalue weighted by molar-refractivity contribution is -0.138. The van der Waals surface area contributed by atoms with Gasteiger partial charge in [-0.2, -0.15) is 0 Å². The Morgan fingerprint density at radius 3 is 2.65 bits per heavy atom. The van der Waals surface area contributed by atoms with Crippen LogP contribution in [-0.4, -0.2) is 34.5 Å². The first-order valence-corrected chi connectivity index (χ1v) is 7.09. The van der Waals surface area contributed by atoms with Gasteiger partial charge >= 0.3 is 5.97 Å². The highest BCUT2D eigenvalue weighted by Crippen LogP contribution is 2.22. The molecule has 1 aromatic carbocycles. The molecule has 0 aliphatic carbocycles. The van der Waals surface area contributed by atoms with Gasteiger partial charge in [-0.3, -0.25) is 9.59 Å². The third-order valence-corrected chi connectivity index (χ3v) is 4.05. The Kier molecular flexibility index (Phi) is 4.42. The Morgan fingerprint density at radius 2 is 2.00 bits per heavy atom. The standard InChI is InChI=1S/C16H21NO3/c1-11-6-7-13(9-12(11)2)16(20)17-8-4-3-5-14(17)10-15(18)19/h6-7,9,14H,3-5,8,10H2,1-2H3,(H,18,19). The highest BCUT2D eigenvalue weighted by atomic mass is 16.4. The number of benzene rings is 1. The Balaban J connectivity index is 2.20. The number of rotatable bonds is 3. The van der Waals surface area contributed by atoms with Crippen molar-refractivity contribution in [1.29, 1.82) is 0 Å². The number of aryl methyl sites for hydroxylation is 2. The van der Waals surface area contributed by atoms with Crippen molar-refractivity contribution in [3.63, 3.8) is 0 Å². The fourth-order valence-corrected chi connectivity index (χ4v) is 2.72. The number of carboxylic acids is 1. The zero-order valence-electron chi connectivity index (χ0n) is 12.1. The molecule has 1 atom stereocenters. The van der Waals surface area contributed by atoms with Gasteiger partial charge in [-0.1, -0.05) is 6.07 Å². The van der Waals surface area contributed by atoms with Crippen LogP contribution in [0.4, 0.5) is 0 Å². The molecule has 0 saturated carbocycles. The summed E-state index contributed by atoms with van der Waals surface area (Å²) in [7, 11) is 0. The maximum absolute atomic E-state index is 12.6. The van der Waals surface area contributed by atoms with E-state index < -0.39 is 5.97 Å². The summed E-state index contributed by atoms with van der Waals surface area (Å²) in [5.74, 6) is -0.881. The molecule has 108 valence electrons. The highest BCUT2D eigenvalue weighted by molar-refractivity contribution is 5.95. The van der Waals surface area contributed by atoms with Crippen molar-refractivity contribution in [1.82, 2.24) is 4.90 Å². The number of hydrogen-bond acceptors (Lipinski definition) is 2. The van der Waals surface area contributed by atoms with E-state index >= 15 is 0 Å². The molecule has 1 unspecified atom stereocenters. The molecule has 4 nitrogen and oxygen atoms in total. The Labute approximate surface area is 119 Å². The largest absolute Gasteiger partial charge is 0.481 e. The van der Waals surface area contributed by atoms with Gasteiger partial charge in [-0.15, -0.1) is 0 Å². The van der Waals surface area contributed by atoms with E-state index in [2.05, 4.69) is 0 Å². The first-order chi connectivity index (χ1) is 9.49. The second kappa shape index (κ2) is 6.07. The van der Waals surface area contributed by atoms with Crippen molar-refractivity contribution >= 4 is 11.9 Å². The van der Waals surface area contributed by atoms with Crippen LogP contribution in [0.2, 0.25) is 0 Å². The van der Waals surface area contributed by atoms with Crippen LogP contribution in [0, 0.1) is 13.8 Å². The van der Waals surface area contributed by atoms with Gasteiger partial charge < -0.3 is 10.0 Å². The number of likely N-dealkylation sites (tertiary alicyclic amines) is 1. The number of carbonyl (C=O) groups excluding carboxylic acids is 1. The number of piperidine rings is 1. The molecule has 0 spiro atoms. The van der Waals surface area contributed by atoms with Crippen molar-refractivity contribution in [3.05, 3.63) is 34.9 Å².